The summed E-state index contributed by atoms with van der Waals surface area (Å²) in [6.07, 6.45) is -0.851. The number of Topliss-reactive ketones (excluding diaryl/α,β-unsaturated/α-hetero) is 1. The predicted octanol–water partition coefficient (Wildman–Crippen LogP) is 0.993. The Kier molecular flexibility index (Phi) is 3.00. The summed E-state index contributed by atoms with van der Waals surface area (Å²) in [7, 11) is 0. The highest BCUT2D eigenvalue weighted by atomic mass is 16.3. The fourth-order valence-corrected chi connectivity index (χ4v) is 0.915. The lowest BCUT2D eigenvalue weighted by atomic mass is 10.1. The van der Waals surface area contributed by atoms with Crippen molar-refractivity contribution in [3.8, 4) is 0 Å². The van der Waals surface area contributed by atoms with Gasteiger partial charge in [-0.05, 0) is 12.5 Å². The molecule has 0 aromatic heterocycles. The van der Waals surface area contributed by atoms with Gasteiger partial charge < -0.3 is 5.11 Å². The lowest BCUT2D eigenvalue weighted by molar-refractivity contribution is -0.124. The van der Waals surface area contributed by atoms with Gasteiger partial charge >= 0.3 is 0 Å². The first-order valence-electron chi connectivity index (χ1n) is 3.78. The smallest absolute Gasteiger partial charge is 0.165 e. The van der Waals surface area contributed by atoms with E-state index in [0.717, 1.165) is 5.56 Å². The van der Waals surface area contributed by atoms with Crippen LogP contribution in [-0.2, 0) is 11.2 Å². The molecule has 0 amide bonds. The van der Waals surface area contributed by atoms with Crippen LogP contribution in [-0.4, -0.2) is 17.0 Å². The van der Waals surface area contributed by atoms with Gasteiger partial charge in [0.15, 0.2) is 5.78 Å². The molecule has 1 radical (unpaired) electrons. The van der Waals surface area contributed by atoms with E-state index in [-0.39, 0.29) is 12.2 Å². The molecule has 0 heterocycles. The first kappa shape index (κ1) is 8.94. The molecule has 0 saturated carbocycles. The summed E-state index contributed by atoms with van der Waals surface area (Å²) in [6.45, 7) is 3.24. The van der Waals surface area contributed by atoms with E-state index in [1.165, 1.54) is 0 Å². The Morgan fingerprint density at radius 1 is 1.42 bits per heavy atom. The Bertz CT molecular complexity index is 252. The zero-order valence-electron chi connectivity index (χ0n) is 6.73. The SMILES string of the molecule is [CH2]C(O)C(=O)Cc1ccccc1. The number of benzene rings is 1. The number of aliphatic hydroxyl groups is 1. The molecule has 2 heteroatoms. The number of carbonyl (C=O) groups excluding carboxylic acids is 1. The normalized spacial score (nSPS) is 12.5. The van der Waals surface area contributed by atoms with Crippen LogP contribution in [0.15, 0.2) is 30.3 Å². The van der Waals surface area contributed by atoms with Crippen LogP contribution in [0.1, 0.15) is 5.56 Å². The Labute approximate surface area is 71.8 Å². The van der Waals surface area contributed by atoms with Crippen LogP contribution in [0.25, 0.3) is 0 Å². The molecule has 2 nitrogen and oxygen atoms in total. The molecule has 1 atom stereocenters. The minimum absolute atomic E-state index is 0.249. The third kappa shape index (κ3) is 2.47. The van der Waals surface area contributed by atoms with Crippen molar-refractivity contribution in [2.75, 3.05) is 0 Å². The van der Waals surface area contributed by atoms with Gasteiger partial charge in [0.25, 0.3) is 0 Å². The van der Waals surface area contributed by atoms with E-state index < -0.39 is 6.10 Å². The van der Waals surface area contributed by atoms with E-state index >= 15 is 0 Å². The van der Waals surface area contributed by atoms with Gasteiger partial charge in [0.05, 0.1) is 0 Å². The summed E-state index contributed by atoms with van der Waals surface area (Å²) in [4.78, 5) is 11.0. The number of hydrogen-bond acceptors (Lipinski definition) is 2. The molecule has 0 fully saturated rings. The van der Waals surface area contributed by atoms with Crippen LogP contribution in [0.4, 0.5) is 0 Å². The van der Waals surface area contributed by atoms with E-state index in [1.807, 2.05) is 30.3 Å². The maximum Gasteiger partial charge on any atom is 0.165 e. The topological polar surface area (TPSA) is 37.3 Å². The van der Waals surface area contributed by atoms with Crippen LogP contribution < -0.4 is 0 Å². The van der Waals surface area contributed by atoms with Crippen molar-refractivity contribution in [1.82, 2.24) is 0 Å². The third-order valence-corrected chi connectivity index (χ3v) is 1.59. The van der Waals surface area contributed by atoms with E-state index in [1.54, 1.807) is 0 Å². The van der Waals surface area contributed by atoms with E-state index in [4.69, 9.17) is 5.11 Å². The summed E-state index contributed by atoms with van der Waals surface area (Å²) in [5.41, 5.74) is 0.908. The molecule has 0 saturated heterocycles. The van der Waals surface area contributed by atoms with Gasteiger partial charge in [0.1, 0.15) is 6.10 Å². The first-order valence-corrected chi connectivity index (χ1v) is 3.78. The third-order valence-electron chi connectivity index (χ3n) is 1.59. The summed E-state index contributed by atoms with van der Waals surface area (Å²) < 4.78 is 0. The Balaban J connectivity index is 2.59. The number of rotatable bonds is 3. The first-order chi connectivity index (χ1) is 5.70. The van der Waals surface area contributed by atoms with Crippen LogP contribution in [0.2, 0.25) is 0 Å². The van der Waals surface area contributed by atoms with E-state index in [9.17, 15) is 4.79 Å². The monoisotopic (exact) mass is 163 g/mol. The maximum absolute atomic E-state index is 11.0. The second-order valence-corrected chi connectivity index (χ2v) is 2.64. The zero-order chi connectivity index (χ0) is 8.97. The van der Waals surface area contributed by atoms with Gasteiger partial charge in [-0.1, -0.05) is 30.3 Å². The highest BCUT2D eigenvalue weighted by Gasteiger charge is 2.08. The van der Waals surface area contributed by atoms with Gasteiger partial charge in [0, 0.05) is 6.42 Å². The number of ketones is 1. The fourth-order valence-electron chi connectivity index (χ4n) is 0.915. The average Bonchev–Trinajstić information content (AvgIpc) is 2.06. The Morgan fingerprint density at radius 2 is 2.00 bits per heavy atom. The maximum atomic E-state index is 11.0. The van der Waals surface area contributed by atoms with Crippen molar-refractivity contribution in [2.24, 2.45) is 0 Å². The minimum Gasteiger partial charge on any atom is -0.385 e. The van der Waals surface area contributed by atoms with E-state index in [0.29, 0.717) is 0 Å². The summed E-state index contributed by atoms with van der Waals surface area (Å²) in [6, 6.07) is 9.30. The lowest BCUT2D eigenvalue weighted by Gasteiger charge is -2.02. The summed E-state index contributed by atoms with van der Waals surface area (Å²) in [5.74, 6) is -0.249. The van der Waals surface area contributed by atoms with Crippen molar-refractivity contribution in [3.63, 3.8) is 0 Å². The van der Waals surface area contributed by atoms with Gasteiger partial charge in [0.2, 0.25) is 0 Å². The standard InChI is InChI=1S/C10H11O2/c1-8(11)10(12)7-9-5-3-2-4-6-9/h2-6,8,11H,1,7H2. The quantitative estimate of drug-likeness (QED) is 0.721. The molecule has 1 aromatic carbocycles. The van der Waals surface area contributed by atoms with Gasteiger partial charge in [-0.2, -0.15) is 0 Å². The highest BCUT2D eigenvalue weighted by Crippen LogP contribution is 2.01. The fraction of sp³-hybridized carbons (Fsp3) is 0.200. The molecule has 0 bridgehead atoms. The van der Waals surface area contributed by atoms with Crippen molar-refractivity contribution < 1.29 is 9.90 Å². The van der Waals surface area contributed by atoms with Crippen molar-refractivity contribution in [1.29, 1.82) is 0 Å². The lowest BCUT2D eigenvalue weighted by Crippen LogP contribution is -2.18. The van der Waals surface area contributed by atoms with Crippen LogP contribution in [0.3, 0.4) is 0 Å². The molecule has 0 aliphatic heterocycles. The molecule has 63 valence electrons. The minimum atomic E-state index is -1.11. The van der Waals surface area contributed by atoms with Crippen LogP contribution in [0, 0.1) is 6.92 Å². The second-order valence-electron chi connectivity index (χ2n) is 2.64. The summed E-state index contributed by atoms with van der Waals surface area (Å²) in [5, 5.41) is 8.82. The molecule has 1 N–H and O–H groups in total. The van der Waals surface area contributed by atoms with Gasteiger partial charge in [-0.25, -0.2) is 0 Å². The van der Waals surface area contributed by atoms with Crippen molar-refractivity contribution >= 4 is 5.78 Å². The molecule has 0 aliphatic rings. The highest BCUT2D eigenvalue weighted by molar-refractivity contribution is 5.85. The summed E-state index contributed by atoms with van der Waals surface area (Å²) >= 11 is 0. The van der Waals surface area contributed by atoms with Crippen molar-refractivity contribution in [3.05, 3.63) is 42.8 Å². The molecular weight excluding hydrogens is 152 g/mol. The van der Waals surface area contributed by atoms with Crippen LogP contribution in [0.5, 0.6) is 0 Å². The van der Waals surface area contributed by atoms with E-state index in [2.05, 4.69) is 6.92 Å². The number of hydrogen-bond donors (Lipinski definition) is 1. The Morgan fingerprint density at radius 3 is 2.50 bits per heavy atom. The number of carbonyl (C=O) groups is 1. The second kappa shape index (κ2) is 4.02. The predicted molar refractivity (Wildman–Crippen MR) is 46.5 cm³/mol. The zero-order valence-corrected chi connectivity index (χ0v) is 6.73. The van der Waals surface area contributed by atoms with Crippen LogP contribution >= 0.6 is 0 Å². The largest absolute Gasteiger partial charge is 0.385 e. The van der Waals surface area contributed by atoms with Crippen molar-refractivity contribution in [2.45, 2.75) is 12.5 Å². The molecule has 1 rings (SSSR count). The Hall–Kier alpha value is -1.15. The van der Waals surface area contributed by atoms with Gasteiger partial charge in [-0.15, -0.1) is 0 Å². The molecule has 0 spiro atoms. The molecule has 1 unspecified atom stereocenters. The van der Waals surface area contributed by atoms with Gasteiger partial charge in [-0.3, -0.25) is 4.79 Å². The molecule has 12 heavy (non-hydrogen) atoms. The molecular formula is C10H11O2. The number of aliphatic hydroxyl groups excluding tert-OH is 1. The molecule has 1 aromatic rings. The average molecular weight is 163 g/mol. The molecule has 0 aliphatic carbocycles.